The van der Waals surface area contributed by atoms with Gasteiger partial charge in [0.1, 0.15) is 5.75 Å². The maximum atomic E-state index is 13.3. The Kier molecular flexibility index (Phi) is 9.07. The minimum absolute atomic E-state index is 0.140. The molecule has 0 unspecified atom stereocenters. The van der Waals surface area contributed by atoms with Gasteiger partial charge in [0, 0.05) is 42.9 Å². The third-order valence-electron chi connectivity index (χ3n) is 7.96. The van der Waals surface area contributed by atoms with E-state index in [-0.39, 0.29) is 5.91 Å². The number of hydrogen-bond donors (Lipinski definition) is 3. The van der Waals surface area contributed by atoms with Crippen LogP contribution in [0.15, 0.2) is 60.9 Å². The first kappa shape index (κ1) is 29.1. The highest BCUT2D eigenvalue weighted by Crippen LogP contribution is 2.31. The zero-order valence-electron chi connectivity index (χ0n) is 25.2. The number of aromatic nitrogens is 3. The van der Waals surface area contributed by atoms with Crippen molar-refractivity contribution in [1.82, 2.24) is 19.4 Å². The molecule has 0 atom stereocenters. The van der Waals surface area contributed by atoms with Crippen LogP contribution in [0.4, 0.5) is 23.0 Å². The van der Waals surface area contributed by atoms with Crippen LogP contribution in [-0.2, 0) is 19.9 Å². The van der Waals surface area contributed by atoms with Crippen LogP contribution < -0.4 is 20.7 Å². The number of piperidine rings is 1. The Balaban J connectivity index is 1.32. The molecule has 1 aliphatic rings. The summed E-state index contributed by atoms with van der Waals surface area (Å²) in [7, 11) is 5.74. The summed E-state index contributed by atoms with van der Waals surface area (Å²) in [4.78, 5) is 24.9. The van der Waals surface area contributed by atoms with Gasteiger partial charge >= 0.3 is 0 Å². The molecule has 1 amide bonds. The largest absolute Gasteiger partial charge is 0.494 e. The van der Waals surface area contributed by atoms with Crippen molar-refractivity contribution < 1.29 is 9.53 Å². The fraction of sp³-hybridized carbons (Fsp3) is 0.364. The normalized spacial score (nSPS) is 14.0. The third kappa shape index (κ3) is 6.57. The van der Waals surface area contributed by atoms with E-state index >= 15 is 0 Å². The van der Waals surface area contributed by atoms with Crippen LogP contribution in [0.3, 0.4) is 0 Å². The number of likely N-dealkylation sites (tertiary alicyclic amines) is 1. The fourth-order valence-corrected chi connectivity index (χ4v) is 5.49. The lowest BCUT2D eigenvalue weighted by atomic mass is 10.0. The molecule has 1 fully saturated rings. The molecule has 0 saturated carbocycles. The second kappa shape index (κ2) is 13.1. The van der Waals surface area contributed by atoms with Crippen molar-refractivity contribution in [3.05, 3.63) is 77.6 Å². The molecule has 4 aromatic rings. The molecule has 2 aromatic carbocycles. The highest BCUT2D eigenvalue weighted by Gasteiger charge is 2.18. The Hall–Kier alpha value is -4.37. The Morgan fingerprint density at radius 1 is 1.02 bits per heavy atom. The quantitative estimate of drug-likeness (QED) is 0.213. The number of para-hydroxylation sites is 1. The molecule has 3 N–H and O–H groups in total. The lowest BCUT2D eigenvalue weighted by molar-refractivity contribution is 0.102. The molecule has 2 aromatic heterocycles. The van der Waals surface area contributed by atoms with Gasteiger partial charge in [-0.1, -0.05) is 32.0 Å². The van der Waals surface area contributed by atoms with Gasteiger partial charge in [-0.25, -0.2) is 9.97 Å². The van der Waals surface area contributed by atoms with Crippen LogP contribution in [-0.4, -0.2) is 58.6 Å². The summed E-state index contributed by atoms with van der Waals surface area (Å²) in [6.45, 7) is 6.40. The van der Waals surface area contributed by atoms with Crippen molar-refractivity contribution in [1.29, 1.82) is 0 Å². The lowest BCUT2D eigenvalue weighted by Gasteiger charge is -2.30. The molecule has 0 radical (unpaired) electrons. The van der Waals surface area contributed by atoms with Gasteiger partial charge in [0.2, 0.25) is 5.95 Å². The van der Waals surface area contributed by atoms with Gasteiger partial charge in [0.15, 0.2) is 0 Å². The number of ether oxygens (including phenoxy) is 1. The number of methoxy groups -OCH3 is 1. The Morgan fingerprint density at radius 2 is 1.76 bits per heavy atom. The van der Waals surface area contributed by atoms with Crippen molar-refractivity contribution in [3.63, 3.8) is 0 Å². The maximum Gasteiger partial charge on any atom is 0.257 e. The first-order valence-corrected chi connectivity index (χ1v) is 14.7. The zero-order chi connectivity index (χ0) is 29.6. The van der Waals surface area contributed by atoms with Crippen LogP contribution >= 0.6 is 0 Å². The second-order valence-corrected chi connectivity index (χ2v) is 10.9. The standard InChI is InChI=1S/C33H41N7O2/c1-6-22-9-8-10-23(7-2)31(22)38-32(41)24-19-29(40(4)21-24)27-13-16-34-33(36-27)37-28-12-11-26(20-30(28)42-5)35-25-14-17-39(3)18-15-25/h8-13,16,19-21,25,35H,6-7,14-15,17-18H2,1-5H3,(H,38,41)(H,34,36,37). The van der Waals surface area contributed by atoms with Crippen LogP contribution in [0.1, 0.15) is 48.2 Å². The number of rotatable bonds is 10. The number of carbonyl (C=O) groups is 1. The van der Waals surface area contributed by atoms with E-state index in [0.29, 0.717) is 29.0 Å². The van der Waals surface area contributed by atoms with E-state index in [1.807, 2.05) is 48.1 Å². The number of amides is 1. The SMILES string of the molecule is CCc1cccc(CC)c1NC(=O)c1cc(-c2ccnc(Nc3ccc(NC4CCN(C)CC4)cc3OC)n2)n(C)c1. The molecular formula is C33H41N7O2. The van der Waals surface area contributed by atoms with Crippen molar-refractivity contribution in [2.24, 2.45) is 7.05 Å². The smallest absolute Gasteiger partial charge is 0.257 e. The highest BCUT2D eigenvalue weighted by atomic mass is 16.5. The van der Waals surface area contributed by atoms with E-state index in [4.69, 9.17) is 9.72 Å². The zero-order valence-corrected chi connectivity index (χ0v) is 25.2. The van der Waals surface area contributed by atoms with Crippen molar-refractivity contribution in [2.45, 2.75) is 45.6 Å². The van der Waals surface area contributed by atoms with Crippen LogP contribution in [0, 0.1) is 0 Å². The van der Waals surface area contributed by atoms with Gasteiger partial charge < -0.3 is 30.2 Å². The average Bonchev–Trinajstić information content (AvgIpc) is 3.41. The molecule has 3 heterocycles. The summed E-state index contributed by atoms with van der Waals surface area (Å²) in [5.74, 6) is 1.01. The molecule has 9 heteroatoms. The molecule has 0 bridgehead atoms. The topological polar surface area (TPSA) is 96.3 Å². The van der Waals surface area contributed by atoms with E-state index < -0.39 is 0 Å². The molecule has 5 rings (SSSR count). The molecule has 0 spiro atoms. The number of benzene rings is 2. The Bertz CT molecular complexity index is 1520. The molecule has 9 nitrogen and oxygen atoms in total. The van der Waals surface area contributed by atoms with Crippen LogP contribution in [0.5, 0.6) is 5.75 Å². The maximum absolute atomic E-state index is 13.3. The summed E-state index contributed by atoms with van der Waals surface area (Å²) < 4.78 is 7.61. The van der Waals surface area contributed by atoms with Gasteiger partial charge in [-0.2, -0.15) is 0 Å². The summed E-state index contributed by atoms with van der Waals surface area (Å²) in [5.41, 5.74) is 7.07. The summed E-state index contributed by atoms with van der Waals surface area (Å²) in [5, 5.41) is 10.1. The first-order chi connectivity index (χ1) is 20.4. The molecule has 0 aliphatic carbocycles. The van der Waals surface area contributed by atoms with E-state index in [1.165, 1.54) is 0 Å². The van der Waals surface area contributed by atoms with Crippen molar-refractivity contribution in [3.8, 4) is 17.1 Å². The number of hydrogen-bond acceptors (Lipinski definition) is 7. The number of carbonyl (C=O) groups excluding carboxylic acids is 1. The monoisotopic (exact) mass is 567 g/mol. The number of aryl methyl sites for hydroxylation is 3. The van der Waals surface area contributed by atoms with Crippen molar-refractivity contribution >= 4 is 28.9 Å². The van der Waals surface area contributed by atoms with E-state index in [9.17, 15) is 4.79 Å². The molecule has 1 aliphatic heterocycles. The minimum atomic E-state index is -0.140. The molecule has 1 saturated heterocycles. The lowest BCUT2D eigenvalue weighted by Crippen LogP contribution is -2.36. The highest BCUT2D eigenvalue weighted by molar-refractivity contribution is 6.05. The summed E-state index contributed by atoms with van der Waals surface area (Å²) in [6.07, 6.45) is 7.48. The Labute approximate surface area is 248 Å². The summed E-state index contributed by atoms with van der Waals surface area (Å²) >= 11 is 0. The molecular weight excluding hydrogens is 526 g/mol. The van der Waals surface area contributed by atoms with Gasteiger partial charge in [-0.05, 0) is 81.2 Å². The number of nitrogens with zero attached hydrogens (tertiary/aromatic N) is 4. The van der Waals surface area contributed by atoms with Crippen LogP contribution in [0.25, 0.3) is 11.4 Å². The van der Waals surface area contributed by atoms with Gasteiger partial charge in [0.05, 0.1) is 29.7 Å². The Morgan fingerprint density at radius 3 is 2.45 bits per heavy atom. The van der Waals surface area contributed by atoms with E-state index in [1.54, 1.807) is 13.3 Å². The second-order valence-electron chi connectivity index (χ2n) is 10.9. The predicted molar refractivity (Wildman–Crippen MR) is 170 cm³/mol. The average molecular weight is 568 g/mol. The van der Waals surface area contributed by atoms with Crippen LogP contribution in [0.2, 0.25) is 0 Å². The minimum Gasteiger partial charge on any atom is -0.494 e. The molecule has 42 heavy (non-hydrogen) atoms. The number of anilines is 4. The first-order valence-electron chi connectivity index (χ1n) is 14.7. The van der Waals surface area contributed by atoms with Gasteiger partial charge in [-0.3, -0.25) is 4.79 Å². The van der Waals surface area contributed by atoms with E-state index in [2.05, 4.69) is 64.9 Å². The predicted octanol–water partition coefficient (Wildman–Crippen LogP) is 6.12. The third-order valence-corrected chi connectivity index (χ3v) is 7.96. The molecule has 220 valence electrons. The van der Waals surface area contributed by atoms with Crippen molar-refractivity contribution in [2.75, 3.05) is 43.2 Å². The van der Waals surface area contributed by atoms with Gasteiger partial charge in [0.25, 0.3) is 5.91 Å². The van der Waals surface area contributed by atoms with Gasteiger partial charge in [-0.15, -0.1) is 0 Å². The number of nitrogens with one attached hydrogen (secondary N) is 3. The van der Waals surface area contributed by atoms with E-state index in [0.717, 1.165) is 72.7 Å². The fourth-order valence-electron chi connectivity index (χ4n) is 5.49. The summed E-state index contributed by atoms with van der Waals surface area (Å²) in [6, 6.07) is 16.4.